The zero-order chi connectivity index (χ0) is 14.5. The van der Waals surface area contributed by atoms with Gasteiger partial charge in [0.05, 0.1) is 0 Å². The van der Waals surface area contributed by atoms with E-state index >= 15 is 0 Å². The van der Waals surface area contributed by atoms with Crippen LogP contribution in [0.15, 0.2) is 24.3 Å². The highest BCUT2D eigenvalue weighted by atomic mass is 16.5. The van der Waals surface area contributed by atoms with Crippen LogP contribution in [0.2, 0.25) is 0 Å². The Morgan fingerprint density at radius 2 is 2.20 bits per heavy atom. The second-order valence-corrected chi connectivity index (χ2v) is 5.24. The highest BCUT2D eigenvalue weighted by molar-refractivity contribution is 5.84. The lowest BCUT2D eigenvalue weighted by molar-refractivity contribution is -0.142. The molecule has 0 heterocycles. The van der Waals surface area contributed by atoms with Crippen LogP contribution < -0.4 is 10.1 Å². The van der Waals surface area contributed by atoms with Crippen LogP contribution in [0.25, 0.3) is 0 Å². The van der Waals surface area contributed by atoms with Gasteiger partial charge in [-0.25, -0.2) is 4.79 Å². The minimum Gasteiger partial charge on any atom is -0.484 e. The van der Waals surface area contributed by atoms with Crippen molar-refractivity contribution in [3.63, 3.8) is 0 Å². The number of aryl methyl sites for hydroxylation is 1. The molecule has 1 saturated carbocycles. The van der Waals surface area contributed by atoms with Crippen LogP contribution >= 0.6 is 0 Å². The molecule has 5 heteroatoms. The average Bonchev–Trinajstić information content (AvgIpc) is 3.19. The van der Waals surface area contributed by atoms with Crippen molar-refractivity contribution >= 4 is 11.9 Å². The van der Waals surface area contributed by atoms with Crippen LogP contribution in [0, 0.1) is 12.8 Å². The third kappa shape index (κ3) is 4.57. The number of aliphatic carboxylic acids is 1. The predicted molar refractivity (Wildman–Crippen MR) is 73.6 cm³/mol. The quantitative estimate of drug-likeness (QED) is 0.796. The van der Waals surface area contributed by atoms with E-state index in [0.29, 0.717) is 18.1 Å². The number of hydrogen-bond acceptors (Lipinski definition) is 3. The van der Waals surface area contributed by atoms with E-state index in [1.807, 2.05) is 25.1 Å². The second-order valence-electron chi connectivity index (χ2n) is 5.24. The Hall–Kier alpha value is -2.04. The Kier molecular flexibility index (Phi) is 4.61. The maximum atomic E-state index is 11.7. The zero-order valence-electron chi connectivity index (χ0n) is 11.5. The van der Waals surface area contributed by atoms with Gasteiger partial charge in [-0.15, -0.1) is 0 Å². The molecule has 1 unspecified atom stereocenters. The summed E-state index contributed by atoms with van der Waals surface area (Å²) in [7, 11) is 0. The Morgan fingerprint density at radius 3 is 2.80 bits per heavy atom. The fourth-order valence-corrected chi connectivity index (χ4v) is 2.00. The van der Waals surface area contributed by atoms with Crippen LogP contribution in [0.4, 0.5) is 0 Å². The molecule has 2 N–H and O–H groups in total. The van der Waals surface area contributed by atoms with E-state index in [0.717, 1.165) is 18.4 Å². The molecule has 1 aromatic rings. The first-order valence-electron chi connectivity index (χ1n) is 6.76. The summed E-state index contributed by atoms with van der Waals surface area (Å²) < 4.78 is 5.34. The number of carboxylic acids is 1. The number of carboxylic acid groups (broad SMARTS) is 1. The van der Waals surface area contributed by atoms with Crippen LogP contribution in [0.3, 0.4) is 0 Å². The highest BCUT2D eigenvalue weighted by Gasteiger charge is 2.30. The summed E-state index contributed by atoms with van der Waals surface area (Å²) in [5.74, 6) is -0.344. The molecule has 0 bridgehead atoms. The van der Waals surface area contributed by atoms with E-state index in [2.05, 4.69) is 5.32 Å². The molecule has 108 valence electrons. The molecular formula is C15H19NO4. The standard InChI is InChI=1S/C15H19NO4/c1-10-3-2-4-12(7-10)20-9-14(17)16-13(15(18)19)8-11-5-6-11/h2-4,7,11,13H,5-6,8-9H2,1H3,(H,16,17)(H,18,19). The van der Waals surface area contributed by atoms with E-state index in [4.69, 9.17) is 9.84 Å². The SMILES string of the molecule is Cc1cccc(OCC(=O)NC(CC2CC2)C(=O)O)c1. The van der Waals surface area contributed by atoms with Crippen LogP contribution in [0.5, 0.6) is 5.75 Å². The minimum atomic E-state index is -0.985. The monoisotopic (exact) mass is 277 g/mol. The number of hydrogen-bond donors (Lipinski definition) is 2. The molecular weight excluding hydrogens is 258 g/mol. The van der Waals surface area contributed by atoms with Crippen molar-refractivity contribution in [2.24, 2.45) is 5.92 Å². The number of ether oxygens (including phenoxy) is 1. The number of rotatable bonds is 7. The van der Waals surface area contributed by atoms with Crippen molar-refractivity contribution in [2.75, 3.05) is 6.61 Å². The van der Waals surface area contributed by atoms with Gasteiger partial charge in [0, 0.05) is 0 Å². The normalized spacial score (nSPS) is 15.4. The Balaban J connectivity index is 1.80. The molecule has 0 spiro atoms. The van der Waals surface area contributed by atoms with Gasteiger partial charge in [-0.1, -0.05) is 25.0 Å². The second kappa shape index (κ2) is 6.41. The van der Waals surface area contributed by atoms with Gasteiger partial charge < -0.3 is 15.2 Å². The van der Waals surface area contributed by atoms with Gasteiger partial charge in [0.15, 0.2) is 6.61 Å². The van der Waals surface area contributed by atoms with Gasteiger partial charge in [-0.2, -0.15) is 0 Å². The van der Waals surface area contributed by atoms with E-state index in [9.17, 15) is 9.59 Å². The van der Waals surface area contributed by atoms with Crippen LogP contribution in [0.1, 0.15) is 24.8 Å². The Morgan fingerprint density at radius 1 is 1.45 bits per heavy atom. The van der Waals surface area contributed by atoms with Crippen molar-refractivity contribution in [1.29, 1.82) is 0 Å². The largest absolute Gasteiger partial charge is 0.484 e. The highest BCUT2D eigenvalue weighted by Crippen LogP contribution is 2.33. The van der Waals surface area contributed by atoms with E-state index in [1.54, 1.807) is 6.07 Å². The van der Waals surface area contributed by atoms with Crippen LogP contribution in [-0.2, 0) is 9.59 Å². The molecule has 0 saturated heterocycles. The maximum Gasteiger partial charge on any atom is 0.326 e. The first-order chi connectivity index (χ1) is 9.54. The lowest BCUT2D eigenvalue weighted by Crippen LogP contribution is -2.43. The van der Waals surface area contributed by atoms with Gasteiger partial charge in [-0.05, 0) is 37.0 Å². The van der Waals surface area contributed by atoms with Gasteiger partial charge in [0.2, 0.25) is 0 Å². The first-order valence-corrected chi connectivity index (χ1v) is 6.76. The predicted octanol–water partition coefficient (Wildman–Crippen LogP) is 1.74. The van der Waals surface area contributed by atoms with E-state index in [-0.39, 0.29) is 6.61 Å². The number of nitrogens with one attached hydrogen (secondary N) is 1. The summed E-state index contributed by atoms with van der Waals surface area (Å²) in [5, 5.41) is 11.6. The molecule has 1 aliphatic carbocycles. The molecule has 20 heavy (non-hydrogen) atoms. The Bertz CT molecular complexity index is 496. The third-order valence-corrected chi connectivity index (χ3v) is 3.26. The van der Waals surface area contributed by atoms with Crippen molar-refractivity contribution in [1.82, 2.24) is 5.32 Å². The summed E-state index contributed by atoms with van der Waals surface area (Å²) >= 11 is 0. The molecule has 1 atom stereocenters. The fraction of sp³-hybridized carbons (Fsp3) is 0.467. The van der Waals surface area contributed by atoms with E-state index in [1.165, 1.54) is 0 Å². The van der Waals surface area contributed by atoms with Gasteiger partial charge in [0.1, 0.15) is 11.8 Å². The fourth-order valence-electron chi connectivity index (χ4n) is 2.00. The molecule has 1 fully saturated rings. The first kappa shape index (κ1) is 14.4. The Labute approximate surface area is 117 Å². The number of carbonyl (C=O) groups excluding carboxylic acids is 1. The third-order valence-electron chi connectivity index (χ3n) is 3.26. The average molecular weight is 277 g/mol. The number of amides is 1. The van der Waals surface area contributed by atoms with Crippen molar-refractivity contribution in [2.45, 2.75) is 32.2 Å². The van der Waals surface area contributed by atoms with Gasteiger partial charge in [-0.3, -0.25) is 4.79 Å². The van der Waals surface area contributed by atoms with Crippen LogP contribution in [-0.4, -0.2) is 29.6 Å². The van der Waals surface area contributed by atoms with Crippen molar-refractivity contribution in [3.05, 3.63) is 29.8 Å². The summed E-state index contributed by atoms with van der Waals surface area (Å²) in [6.07, 6.45) is 2.62. The molecule has 2 rings (SSSR count). The lowest BCUT2D eigenvalue weighted by Gasteiger charge is -2.14. The molecule has 0 aliphatic heterocycles. The summed E-state index contributed by atoms with van der Waals surface area (Å²) in [5.41, 5.74) is 1.04. The van der Waals surface area contributed by atoms with E-state index < -0.39 is 17.9 Å². The molecule has 0 radical (unpaired) electrons. The molecule has 1 amide bonds. The van der Waals surface area contributed by atoms with Crippen molar-refractivity contribution in [3.8, 4) is 5.75 Å². The molecule has 5 nitrogen and oxygen atoms in total. The number of benzene rings is 1. The van der Waals surface area contributed by atoms with Gasteiger partial charge in [0.25, 0.3) is 5.91 Å². The lowest BCUT2D eigenvalue weighted by atomic mass is 10.1. The van der Waals surface area contributed by atoms with Crippen molar-refractivity contribution < 1.29 is 19.4 Å². The maximum absolute atomic E-state index is 11.7. The minimum absolute atomic E-state index is 0.169. The summed E-state index contributed by atoms with van der Waals surface area (Å²) in [6.45, 7) is 1.76. The summed E-state index contributed by atoms with van der Waals surface area (Å²) in [6, 6.07) is 6.56. The number of carbonyl (C=O) groups is 2. The smallest absolute Gasteiger partial charge is 0.326 e. The molecule has 0 aromatic heterocycles. The molecule has 1 aromatic carbocycles. The van der Waals surface area contributed by atoms with Gasteiger partial charge >= 0.3 is 5.97 Å². The zero-order valence-corrected chi connectivity index (χ0v) is 11.5. The topological polar surface area (TPSA) is 75.6 Å². The summed E-state index contributed by atoms with van der Waals surface area (Å²) in [4.78, 5) is 22.8. The molecule has 1 aliphatic rings.